The van der Waals surface area contributed by atoms with Gasteiger partial charge < -0.3 is 15.2 Å². The van der Waals surface area contributed by atoms with E-state index in [0.29, 0.717) is 10.5 Å². The molecule has 1 saturated heterocycles. The van der Waals surface area contributed by atoms with E-state index in [1.165, 1.54) is 16.2 Å². The number of nitrogens with zero attached hydrogens (tertiary/aromatic N) is 1. The molecular formula is C15H21N3O4S. The van der Waals surface area contributed by atoms with Crippen LogP contribution in [0.2, 0.25) is 0 Å². The molecule has 0 radical (unpaired) electrons. The lowest BCUT2D eigenvalue weighted by Crippen LogP contribution is -2.34. The number of carbonyl (C=O) groups is 2. The molecule has 1 aliphatic carbocycles. The zero-order valence-corrected chi connectivity index (χ0v) is 13.7. The van der Waals surface area contributed by atoms with Gasteiger partial charge in [-0.05, 0) is 37.5 Å². The monoisotopic (exact) mass is 339 g/mol. The van der Waals surface area contributed by atoms with Gasteiger partial charge in [-0.15, -0.1) is 11.3 Å². The number of carboxylic acids is 1. The predicted molar refractivity (Wildman–Crippen MR) is 85.9 cm³/mol. The Hall–Kier alpha value is -1.67. The molecule has 2 amide bonds. The fourth-order valence-corrected chi connectivity index (χ4v) is 4.42. The Balaban J connectivity index is 1.57. The van der Waals surface area contributed by atoms with E-state index in [-0.39, 0.29) is 13.0 Å². The Morgan fingerprint density at radius 3 is 2.83 bits per heavy atom. The Bertz CT molecular complexity index is 596. The fourth-order valence-electron chi connectivity index (χ4n) is 3.24. The molecule has 1 aromatic heterocycles. The van der Waals surface area contributed by atoms with Gasteiger partial charge in [0.25, 0.3) is 0 Å². The first-order valence-electron chi connectivity index (χ1n) is 7.89. The minimum absolute atomic E-state index is 0.0909. The lowest BCUT2D eigenvalue weighted by atomic mass is 9.70. The SMILES string of the molecule is O=C(O)CCNC(=O)Nc1nc2c(s1)CC1(CCOCC1)CC2. The number of anilines is 1. The number of thiazole rings is 1. The highest BCUT2D eigenvalue weighted by atomic mass is 32.1. The second kappa shape index (κ2) is 6.84. The summed E-state index contributed by atoms with van der Waals surface area (Å²) in [5, 5.41) is 14.4. The molecule has 1 aliphatic heterocycles. The largest absolute Gasteiger partial charge is 0.481 e. The van der Waals surface area contributed by atoms with Gasteiger partial charge >= 0.3 is 12.0 Å². The van der Waals surface area contributed by atoms with Crippen molar-refractivity contribution in [2.24, 2.45) is 5.41 Å². The second-order valence-electron chi connectivity index (χ2n) is 6.20. The first-order chi connectivity index (χ1) is 11.1. The van der Waals surface area contributed by atoms with E-state index in [4.69, 9.17) is 9.84 Å². The molecule has 8 heteroatoms. The summed E-state index contributed by atoms with van der Waals surface area (Å²) >= 11 is 1.53. The molecule has 3 rings (SSSR count). The van der Waals surface area contributed by atoms with Crippen LogP contribution in [0.5, 0.6) is 0 Å². The standard InChI is InChI=1S/C15H21N3O4S/c19-12(20)2-6-16-13(21)18-14-17-10-1-3-15(9-11(10)23-14)4-7-22-8-5-15/h1-9H2,(H,19,20)(H2,16,17,18,21). The van der Waals surface area contributed by atoms with E-state index in [1.54, 1.807) is 0 Å². The van der Waals surface area contributed by atoms with Crippen LogP contribution >= 0.6 is 11.3 Å². The quantitative estimate of drug-likeness (QED) is 0.779. The van der Waals surface area contributed by atoms with Crippen LogP contribution in [0.3, 0.4) is 0 Å². The number of amides is 2. The fraction of sp³-hybridized carbons (Fsp3) is 0.667. The van der Waals surface area contributed by atoms with Crippen molar-refractivity contribution in [3.63, 3.8) is 0 Å². The molecule has 7 nitrogen and oxygen atoms in total. The van der Waals surface area contributed by atoms with Crippen molar-refractivity contribution in [2.45, 2.75) is 38.5 Å². The molecule has 1 aromatic rings. The Kier molecular flexibility index (Phi) is 4.82. The van der Waals surface area contributed by atoms with E-state index in [9.17, 15) is 9.59 Å². The molecule has 0 unspecified atom stereocenters. The van der Waals surface area contributed by atoms with Gasteiger partial charge in [0.15, 0.2) is 5.13 Å². The van der Waals surface area contributed by atoms with Crippen LogP contribution in [0.25, 0.3) is 0 Å². The Labute approximate surface area is 138 Å². The summed E-state index contributed by atoms with van der Waals surface area (Å²) in [5.41, 5.74) is 1.44. The lowest BCUT2D eigenvalue weighted by molar-refractivity contribution is -0.136. The van der Waals surface area contributed by atoms with Crippen molar-refractivity contribution < 1.29 is 19.4 Å². The third-order valence-corrected chi connectivity index (χ3v) is 5.62. The molecule has 23 heavy (non-hydrogen) atoms. The number of aryl methyl sites for hydroxylation is 1. The molecule has 0 bridgehead atoms. The van der Waals surface area contributed by atoms with E-state index < -0.39 is 12.0 Å². The van der Waals surface area contributed by atoms with Gasteiger partial charge in [-0.3, -0.25) is 10.1 Å². The van der Waals surface area contributed by atoms with Crippen LogP contribution < -0.4 is 10.6 Å². The molecule has 0 aromatic carbocycles. The second-order valence-corrected chi connectivity index (χ2v) is 7.29. The minimum atomic E-state index is -0.934. The molecule has 3 N–H and O–H groups in total. The van der Waals surface area contributed by atoms with Crippen LogP contribution in [-0.4, -0.2) is 41.8 Å². The molecule has 0 saturated carbocycles. The van der Waals surface area contributed by atoms with Crippen molar-refractivity contribution in [1.29, 1.82) is 0 Å². The number of carboxylic acid groups (broad SMARTS) is 1. The van der Waals surface area contributed by atoms with Gasteiger partial charge in [-0.25, -0.2) is 9.78 Å². The van der Waals surface area contributed by atoms with Crippen molar-refractivity contribution in [3.8, 4) is 0 Å². The van der Waals surface area contributed by atoms with Crippen molar-refractivity contribution in [2.75, 3.05) is 25.1 Å². The molecule has 1 fully saturated rings. The number of hydrogen-bond acceptors (Lipinski definition) is 5. The molecule has 1 spiro atoms. The summed E-state index contributed by atoms with van der Waals surface area (Å²) in [4.78, 5) is 27.9. The number of rotatable bonds is 4. The number of hydrogen-bond donors (Lipinski definition) is 3. The molecule has 0 atom stereocenters. The minimum Gasteiger partial charge on any atom is -0.481 e. The van der Waals surface area contributed by atoms with Crippen molar-refractivity contribution >= 4 is 28.5 Å². The maximum atomic E-state index is 11.7. The Morgan fingerprint density at radius 2 is 2.09 bits per heavy atom. The number of ether oxygens (including phenoxy) is 1. The average Bonchev–Trinajstić information content (AvgIpc) is 2.88. The summed E-state index contributed by atoms with van der Waals surface area (Å²) in [6.45, 7) is 1.78. The van der Waals surface area contributed by atoms with Gasteiger partial charge in [-0.1, -0.05) is 0 Å². The average molecular weight is 339 g/mol. The van der Waals surface area contributed by atoms with Gasteiger partial charge in [0.05, 0.1) is 12.1 Å². The van der Waals surface area contributed by atoms with E-state index in [0.717, 1.165) is 51.0 Å². The lowest BCUT2D eigenvalue weighted by Gasteiger charge is -2.39. The zero-order valence-electron chi connectivity index (χ0n) is 12.9. The normalized spacial score (nSPS) is 19.1. The summed E-state index contributed by atoms with van der Waals surface area (Å²) in [6.07, 6.45) is 5.22. The van der Waals surface area contributed by atoms with E-state index in [1.807, 2.05) is 0 Å². The number of urea groups is 1. The number of carbonyl (C=O) groups excluding carboxylic acids is 1. The van der Waals surface area contributed by atoms with Crippen molar-refractivity contribution in [1.82, 2.24) is 10.3 Å². The van der Waals surface area contributed by atoms with Crippen LogP contribution in [-0.2, 0) is 22.4 Å². The molecular weight excluding hydrogens is 318 g/mol. The summed E-state index contributed by atoms with van der Waals surface area (Å²) in [6, 6.07) is -0.405. The molecule has 126 valence electrons. The van der Waals surface area contributed by atoms with Gasteiger partial charge in [-0.2, -0.15) is 0 Å². The smallest absolute Gasteiger partial charge is 0.321 e. The third-order valence-electron chi connectivity index (χ3n) is 4.60. The first kappa shape index (κ1) is 16.2. The number of nitrogens with one attached hydrogen (secondary N) is 2. The predicted octanol–water partition coefficient (Wildman–Crippen LogP) is 2.02. The third kappa shape index (κ3) is 4.00. The van der Waals surface area contributed by atoms with Crippen LogP contribution in [0.4, 0.5) is 9.93 Å². The number of aromatic nitrogens is 1. The summed E-state index contributed by atoms with van der Waals surface area (Å²) < 4.78 is 5.48. The first-order valence-corrected chi connectivity index (χ1v) is 8.71. The highest BCUT2D eigenvalue weighted by Gasteiger charge is 2.37. The summed E-state index contributed by atoms with van der Waals surface area (Å²) in [5.74, 6) is -0.934. The molecule has 2 aliphatic rings. The van der Waals surface area contributed by atoms with E-state index in [2.05, 4.69) is 15.6 Å². The summed E-state index contributed by atoms with van der Waals surface area (Å²) in [7, 11) is 0. The van der Waals surface area contributed by atoms with E-state index >= 15 is 0 Å². The maximum Gasteiger partial charge on any atom is 0.321 e. The zero-order chi connectivity index (χ0) is 16.3. The van der Waals surface area contributed by atoms with Gasteiger partial charge in [0, 0.05) is 24.6 Å². The van der Waals surface area contributed by atoms with Gasteiger partial charge in [0.2, 0.25) is 0 Å². The van der Waals surface area contributed by atoms with Crippen LogP contribution in [0, 0.1) is 5.41 Å². The highest BCUT2D eigenvalue weighted by molar-refractivity contribution is 7.15. The van der Waals surface area contributed by atoms with Crippen LogP contribution in [0.15, 0.2) is 0 Å². The molecule has 2 heterocycles. The van der Waals surface area contributed by atoms with Crippen LogP contribution in [0.1, 0.15) is 36.3 Å². The topological polar surface area (TPSA) is 101 Å². The Morgan fingerprint density at radius 1 is 1.30 bits per heavy atom. The van der Waals surface area contributed by atoms with Crippen molar-refractivity contribution in [3.05, 3.63) is 10.6 Å². The number of aliphatic carboxylic acids is 1. The maximum absolute atomic E-state index is 11.7. The van der Waals surface area contributed by atoms with Gasteiger partial charge in [0.1, 0.15) is 0 Å². The number of fused-ring (bicyclic) bond motifs is 1. The highest BCUT2D eigenvalue weighted by Crippen LogP contribution is 2.45.